The Morgan fingerprint density at radius 3 is 0.821 bits per heavy atom. The van der Waals surface area contributed by atoms with Crippen LogP contribution in [0.2, 0.25) is 0 Å². The van der Waals surface area contributed by atoms with Gasteiger partial charge < -0.3 is 0 Å². The lowest BCUT2D eigenvalue weighted by Crippen LogP contribution is -1.96. The van der Waals surface area contributed by atoms with E-state index in [1.807, 2.05) is 0 Å². The molecule has 0 heterocycles. The molecule has 11 aromatic rings. The van der Waals surface area contributed by atoms with Gasteiger partial charge in [-0.2, -0.15) is 0 Å². The van der Waals surface area contributed by atoms with Crippen LogP contribution in [-0.4, -0.2) is 0 Å². The maximum atomic E-state index is 2.46. The molecule has 0 fully saturated rings. The normalized spacial score (nSPS) is 12.5. The molecule has 56 heavy (non-hydrogen) atoms. The van der Waals surface area contributed by atoms with Crippen LogP contribution in [0.15, 0.2) is 170 Å². The highest BCUT2D eigenvalue weighted by molar-refractivity contribution is 6.46. The molecule has 0 spiro atoms. The summed E-state index contributed by atoms with van der Waals surface area (Å²) in [6.07, 6.45) is 0. The third-order valence-corrected chi connectivity index (χ3v) is 13.2. The predicted octanol–water partition coefficient (Wildman–Crippen LogP) is 15.9. The molecule has 0 saturated carbocycles. The molecule has 13 rings (SSSR count). The number of fused-ring (bicyclic) bond motifs is 18. The summed E-state index contributed by atoms with van der Waals surface area (Å²) in [7, 11) is 0. The Morgan fingerprint density at radius 1 is 0.214 bits per heavy atom. The van der Waals surface area contributed by atoms with Gasteiger partial charge in [-0.05, 0) is 156 Å². The molecule has 0 nitrogen and oxygen atoms in total. The van der Waals surface area contributed by atoms with Crippen molar-refractivity contribution in [1.29, 1.82) is 0 Å². The summed E-state index contributed by atoms with van der Waals surface area (Å²) in [5.74, 6) is 0. The zero-order valence-corrected chi connectivity index (χ0v) is 31.2. The van der Waals surface area contributed by atoms with E-state index in [4.69, 9.17) is 0 Å². The molecule has 0 amide bonds. The van der Waals surface area contributed by atoms with Crippen molar-refractivity contribution in [2.45, 2.75) is 13.8 Å². The molecule has 2 aliphatic rings. The van der Waals surface area contributed by atoms with Crippen molar-refractivity contribution in [3.63, 3.8) is 0 Å². The lowest BCUT2D eigenvalue weighted by Gasteiger charge is -2.22. The van der Waals surface area contributed by atoms with Gasteiger partial charge in [0, 0.05) is 0 Å². The quantitative estimate of drug-likeness (QED) is 0.124. The minimum absolute atomic E-state index is 1.26. The Kier molecular flexibility index (Phi) is 5.85. The molecule has 258 valence electrons. The second-order valence-electron chi connectivity index (χ2n) is 15.9. The van der Waals surface area contributed by atoms with Gasteiger partial charge in [0.1, 0.15) is 0 Å². The first kappa shape index (κ1) is 30.3. The molecule has 0 bridgehead atoms. The Hall–Kier alpha value is -7.02. The first-order chi connectivity index (χ1) is 27.7. The zero-order chi connectivity index (χ0) is 36.8. The molecule has 0 N–H and O–H groups in total. The highest BCUT2D eigenvalue weighted by Crippen LogP contribution is 2.67. The number of hydrogen-bond donors (Lipinski definition) is 0. The highest BCUT2D eigenvalue weighted by Gasteiger charge is 2.39. The summed E-state index contributed by atoms with van der Waals surface area (Å²) in [6, 6.07) is 64.1. The van der Waals surface area contributed by atoms with Crippen LogP contribution < -0.4 is 0 Å². The van der Waals surface area contributed by atoms with E-state index >= 15 is 0 Å². The van der Waals surface area contributed by atoms with Crippen LogP contribution >= 0.6 is 0 Å². The molecule has 0 radical (unpaired) electrons. The topological polar surface area (TPSA) is 0 Å². The summed E-state index contributed by atoms with van der Waals surface area (Å²) in [6.45, 7) is 4.54. The van der Waals surface area contributed by atoms with Crippen LogP contribution in [0, 0.1) is 13.8 Å². The summed E-state index contributed by atoms with van der Waals surface area (Å²) in [4.78, 5) is 0. The fraction of sp³-hybridized carbons (Fsp3) is 0.0357. The minimum atomic E-state index is 1.26. The van der Waals surface area contributed by atoms with E-state index in [1.165, 1.54) is 143 Å². The Morgan fingerprint density at radius 2 is 0.482 bits per heavy atom. The van der Waals surface area contributed by atoms with E-state index < -0.39 is 0 Å². The largest absolute Gasteiger partial charge is 0.0622 e. The Balaban J connectivity index is 1.38. The van der Waals surface area contributed by atoms with E-state index in [1.54, 1.807) is 0 Å². The van der Waals surface area contributed by atoms with Crippen molar-refractivity contribution in [2.75, 3.05) is 0 Å². The maximum Gasteiger partial charge on any atom is -0.0000469 e. The average Bonchev–Trinajstić information content (AvgIpc) is 3.80. The first-order valence-electron chi connectivity index (χ1n) is 19.8. The van der Waals surface area contributed by atoms with Crippen molar-refractivity contribution >= 4 is 64.6 Å². The van der Waals surface area contributed by atoms with Gasteiger partial charge in [-0.15, -0.1) is 0 Å². The van der Waals surface area contributed by atoms with Gasteiger partial charge in [-0.3, -0.25) is 0 Å². The van der Waals surface area contributed by atoms with E-state index in [-0.39, 0.29) is 0 Å². The van der Waals surface area contributed by atoms with Crippen molar-refractivity contribution in [3.8, 4) is 66.8 Å². The van der Waals surface area contributed by atoms with Gasteiger partial charge in [0.05, 0.1) is 0 Å². The third-order valence-electron chi connectivity index (χ3n) is 13.2. The smallest absolute Gasteiger partial charge is 0.0000469 e. The minimum Gasteiger partial charge on any atom is -0.0622 e. The van der Waals surface area contributed by atoms with Gasteiger partial charge >= 0.3 is 0 Å². The molecule has 0 aromatic heterocycles. The van der Waals surface area contributed by atoms with Crippen LogP contribution in [0.3, 0.4) is 0 Å². The standard InChI is InChI=1S/C56H34/c1-31-29-43-44(30-32(31)2)46(34-19-7-4-8-20-34)54-52-42-28-16-14-26-40(42)50-48-38-24-12-10-22-36(38)35-21-9-11-23-37(35)47(48)49-39-25-13-15-27-41(39)51(56(52)55(49)50)53(54)45(43)33-17-5-3-6-18-33/h3-30H,1-2H3. The zero-order valence-electron chi connectivity index (χ0n) is 31.2. The molecular weight excluding hydrogens is 673 g/mol. The number of aryl methyl sites for hydroxylation is 2. The van der Waals surface area contributed by atoms with Crippen molar-refractivity contribution in [1.82, 2.24) is 0 Å². The summed E-state index contributed by atoms with van der Waals surface area (Å²) >= 11 is 0. The number of rotatable bonds is 2. The molecule has 0 heteroatoms. The first-order valence-corrected chi connectivity index (χ1v) is 19.8. The van der Waals surface area contributed by atoms with Crippen LogP contribution in [0.25, 0.3) is 131 Å². The summed E-state index contributed by atoms with van der Waals surface area (Å²) in [5, 5.41) is 16.0. The fourth-order valence-electron chi connectivity index (χ4n) is 10.9. The lowest BCUT2D eigenvalue weighted by molar-refractivity contribution is 1.37. The van der Waals surface area contributed by atoms with E-state index in [9.17, 15) is 0 Å². The molecule has 11 aromatic carbocycles. The van der Waals surface area contributed by atoms with Crippen LogP contribution in [0.1, 0.15) is 11.1 Å². The Bertz CT molecular complexity index is 3340. The van der Waals surface area contributed by atoms with Gasteiger partial charge in [-0.1, -0.05) is 170 Å². The van der Waals surface area contributed by atoms with Crippen molar-refractivity contribution < 1.29 is 0 Å². The van der Waals surface area contributed by atoms with E-state index in [0.29, 0.717) is 0 Å². The van der Waals surface area contributed by atoms with Gasteiger partial charge in [0.2, 0.25) is 0 Å². The molecule has 0 unspecified atom stereocenters. The molecule has 0 atom stereocenters. The summed E-state index contributed by atoms with van der Waals surface area (Å²) < 4.78 is 0. The number of benzene rings is 11. The average molecular weight is 707 g/mol. The highest BCUT2D eigenvalue weighted by atomic mass is 14.4. The van der Waals surface area contributed by atoms with Crippen LogP contribution in [0.4, 0.5) is 0 Å². The Labute approximate surface area is 324 Å². The SMILES string of the molecule is Cc1cc2c(-c3ccccc3)c3c(c(-c4ccccc4)c2cc1C)-c1c2ccccc2c2c4c(c5ccccc5c-3c14)-c1c-2c2ccccc2c2ccccc12. The second-order valence-corrected chi connectivity index (χ2v) is 15.9. The fourth-order valence-corrected chi connectivity index (χ4v) is 10.9. The number of hydrogen-bond acceptors (Lipinski definition) is 0. The van der Waals surface area contributed by atoms with Gasteiger partial charge in [0.15, 0.2) is 0 Å². The van der Waals surface area contributed by atoms with E-state index in [0.717, 1.165) is 0 Å². The summed E-state index contributed by atoms with van der Waals surface area (Å²) in [5.41, 5.74) is 18.8. The van der Waals surface area contributed by atoms with Crippen molar-refractivity contribution in [2.24, 2.45) is 0 Å². The molecule has 0 saturated heterocycles. The molecule has 2 aliphatic carbocycles. The maximum absolute atomic E-state index is 2.46. The monoisotopic (exact) mass is 706 g/mol. The van der Waals surface area contributed by atoms with Gasteiger partial charge in [0.25, 0.3) is 0 Å². The second kappa shape index (κ2) is 10.8. The lowest BCUT2D eigenvalue weighted by atomic mass is 9.80. The van der Waals surface area contributed by atoms with Crippen LogP contribution in [-0.2, 0) is 0 Å². The predicted molar refractivity (Wildman–Crippen MR) is 241 cm³/mol. The van der Waals surface area contributed by atoms with Gasteiger partial charge in [-0.25, -0.2) is 0 Å². The van der Waals surface area contributed by atoms with E-state index in [2.05, 4.69) is 184 Å². The molecule has 0 aliphatic heterocycles. The molecular formula is C56H34. The van der Waals surface area contributed by atoms with Crippen LogP contribution in [0.5, 0.6) is 0 Å². The third kappa shape index (κ3) is 3.65. The van der Waals surface area contributed by atoms with Crippen molar-refractivity contribution in [3.05, 3.63) is 181 Å².